The second-order valence-corrected chi connectivity index (χ2v) is 4.31. The van der Waals surface area contributed by atoms with Crippen molar-refractivity contribution in [2.75, 3.05) is 13.7 Å². The summed E-state index contributed by atoms with van der Waals surface area (Å²) in [6, 6.07) is 7.73. The maximum Gasteiger partial charge on any atom is 0.331 e. The Bertz CT molecular complexity index is 503. The van der Waals surface area contributed by atoms with Gasteiger partial charge >= 0.3 is 11.9 Å². The summed E-state index contributed by atoms with van der Waals surface area (Å²) in [6.07, 6.45) is 2.13. The van der Waals surface area contributed by atoms with Gasteiger partial charge in [0.2, 0.25) is 0 Å². The van der Waals surface area contributed by atoms with Crippen LogP contribution in [0.5, 0.6) is 0 Å². The lowest BCUT2D eigenvalue weighted by Crippen LogP contribution is -2.04. The second-order valence-electron chi connectivity index (χ2n) is 4.31. The van der Waals surface area contributed by atoms with Gasteiger partial charge in [-0.3, -0.25) is 4.79 Å². The van der Waals surface area contributed by atoms with Gasteiger partial charge in [0.05, 0.1) is 13.7 Å². The molecule has 0 spiro atoms. The summed E-state index contributed by atoms with van der Waals surface area (Å²) in [5.74, 6) is -0.691. The van der Waals surface area contributed by atoms with Crippen LogP contribution in [-0.4, -0.2) is 25.7 Å². The number of aryl methyl sites for hydroxylation is 1. The predicted molar refractivity (Wildman–Crippen MR) is 77.0 cm³/mol. The lowest BCUT2D eigenvalue weighted by molar-refractivity contribution is -0.140. The van der Waals surface area contributed by atoms with Gasteiger partial charge in [0.15, 0.2) is 0 Å². The number of methoxy groups -OCH3 is 1. The van der Waals surface area contributed by atoms with Crippen molar-refractivity contribution in [1.29, 1.82) is 0 Å². The van der Waals surface area contributed by atoms with Crippen molar-refractivity contribution < 1.29 is 19.1 Å². The third kappa shape index (κ3) is 4.88. The van der Waals surface area contributed by atoms with E-state index in [1.54, 1.807) is 6.92 Å². The van der Waals surface area contributed by atoms with Crippen LogP contribution >= 0.6 is 0 Å². The molecule has 0 atom stereocenters. The number of esters is 2. The lowest BCUT2D eigenvalue weighted by Gasteiger charge is -2.10. The number of allylic oxidation sites excluding steroid dienone is 1. The van der Waals surface area contributed by atoms with E-state index in [1.165, 1.54) is 13.2 Å². The summed E-state index contributed by atoms with van der Waals surface area (Å²) < 4.78 is 9.57. The molecule has 0 radical (unpaired) electrons. The third-order valence-corrected chi connectivity index (χ3v) is 2.90. The van der Waals surface area contributed by atoms with Gasteiger partial charge in [-0.05, 0) is 37.0 Å². The Morgan fingerprint density at radius 3 is 2.50 bits per heavy atom. The van der Waals surface area contributed by atoms with Crippen LogP contribution in [0.4, 0.5) is 0 Å². The predicted octanol–water partition coefficient (Wildman–Crippen LogP) is 2.89. The van der Waals surface area contributed by atoms with Crippen LogP contribution in [0.2, 0.25) is 0 Å². The Morgan fingerprint density at radius 1 is 1.20 bits per heavy atom. The molecule has 4 heteroatoms. The minimum Gasteiger partial charge on any atom is -0.469 e. The van der Waals surface area contributed by atoms with Crippen LogP contribution < -0.4 is 0 Å². The topological polar surface area (TPSA) is 52.6 Å². The van der Waals surface area contributed by atoms with Crippen molar-refractivity contribution in [3.05, 3.63) is 41.5 Å². The molecule has 0 aliphatic rings. The average Bonchev–Trinajstić information content (AvgIpc) is 2.44. The number of carbonyl (C=O) groups excluding carboxylic acids is 2. The van der Waals surface area contributed by atoms with Crippen LogP contribution in [0.3, 0.4) is 0 Å². The molecule has 0 bridgehead atoms. The first kappa shape index (κ1) is 16.0. The Balaban J connectivity index is 2.98. The molecule has 20 heavy (non-hydrogen) atoms. The molecule has 0 saturated heterocycles. The Morgan fingerprint density at radius 2 is 1.90 bits per heavy atom. The second kappa shape index (κ2) is 8.15. The van der Waals surface area contributed by atoms with Crippen molar-refractivity contribution in [3.63, 3.8) is 0 Å². The van der Waals surface area contributed by atoms with E-state index in [9.17, 15) is 9.59 Å². The fourth-order valence-corrected chi connectivity index (χ4v) is 1.88. The summed E-state index contributed by atoms with van der Waals surface area (Å²) in [6.45, 7) is 4.05. The molecule has 0 fully saturated rings. The molecule has 0 aromatic heterocycles. The molecule has 0 unspecified atom stereocenters. The Labute approximate surface area is 119 Å². The van der Waals surface area contributed by atoms with E-state index in [4.69, 9.17) is 4.74 Å². The summed E-state index contributed by atoms with van der Waals surface area (Å²) >= 11 is 0. The number of ether oxygens (including phenoxy) is 2. The van der Waals surface area contributed by atoms with Gasteiger partial charge in [0, 0.05) is 12.5 Å². The van der Waals surface area contributed by atoms with Gasteiger partial charge in [-0.25, -0.2) is 4.79 Å². The molecular weight excluding hydrogens is 256 g/mol. The normalized spacial score (nSPS) is 11.1. The quantitative estimate of drug-likeness (QED) is 0.592. The van der Waals surface area contributed by atoms with Crippen molar-refractivity contribution in [2.24, 2.45) is 0 Å². The molecular formula is C16H20O4. The number of benzene rings is 1. The molecule has 0 N–H and O–H groups in total. The standard InChI is InChI=1S/C16H20O4/c1-4-20-16(18)11-13(9-10-15(17)19-3)14-8-6-5-7-12(14)2/h5-8,11H,4,9-10H2,1-3H3/b13-11-. The van der Waals surface area contributed by atoms with E-state index >= 15 is 0 Å². The minimum absolute atomic E-state index is 0.232. The highest BCUT2D eigenvalue weighted by Crippen LogP contribution is 2.23. The van der Waals surface area contributed by atoms with Gasteiger partial charge in [-0.15, -0.1) is 0 Å². The van der Waals surface area contributed by atoms with E-state index in [2.05, 4.69) is 4.74 Å². The van der Waals surface area contributed by atoms with Crippen molar-refractivity contribution >= 4 is 17.5 Å². The molecule has 0 aliphatic heterocycles. The smallest absolute Gasteiger partial charge is 0.331 e. The molecule has 1 aromatic carbocycles. The first-order valence-electron chi connectivity index (χ1n) is 6.58. The van der Waals surface area contributed by atoms with Crippen LogP contribution in [0, 0.1) is 6.92 Å². The Kier molecular flexibility index (Phi) is 6.50. The van der Waals surface area contributed by atoms with Crippen molar-refractivity contribution in [2.45, 2.75) is 26.7 Å². The maximum absolute atomic E-state index is 11.6. The van der Waals surface area contributed by atoms with Gasteiger partial charge in [-0.2, -0.15) is 0 Å². The number of hydrogen-bond donors (Lipinski definition) is 0. The Hall–Kier alpha value is -2.10. The van der Waals surface area contributed by atoms with Gasteiger partial charge in [0.25, 0.3) is 0 Å². The van der Waals surface area contributed by atoms with E-state index in [0.29, 0.717) is 13.0 Å². The lowest BCUT2D eigenvalue weighted by atomic mass is 9.96. The molecule has 0 saturated carbocycles. The van der Waals surface area contributed by atoms with E-state index in [0.717, 1.165) is 16.7 Å². The highest BCUT2D eigenvalue weighted by Gasteiger charge is 2.10. The zero-order valence-electron chi connectivity index (χ0n) is 12.1. The number of hydrogen-bond acceptors (Lipinski definition) is 4. The summed E-state index contributed by atoms with van der Waals surface area (Å²) in [4.78, 5) is 22.9. The first-order valence-corrected chi connectivity index (χ1v) is 6.58. The van der Waals surface area contributed by atoms with Gasteiger partial charge in [-0.1, -0.05) is 24.3 Å². The summed E-state index contributed by atoms with van der Waals surface area (Å²) in [7, 11) is 1.35. The maximum atomic E-state index is 11.6. The van der Waals surface area contributed by atoms with Crippen LogP contribution in [0.15, 0.2) is 30.3 Å². The molecule has 1 aromatic rings. The van der Waals surface area contributed by atoms with Crippen molar-refractivity contribution in [3.8, 4) is 0 Å². The van der Waals surface area contributed by atoms with Crippen LogP contribution in [-0.2, 0) is 19.1 Å². The zero-order valence-corrected chi connectivity index (χ0v) is 12.1. The van der Waals surface area contributed by atoms with Gasteiger partial charge < -0.3 is 9.47 Å². The zero-order chi connectivity index (χ0) is 15.0. The number of rotatable bonds is 6. The highest BCUT2D eigenvalue weighted by molar-refractivity contribution is 5.92. The van der Waals surface area contributed by atoms with Gasteiger partial charge in [0.1, 0.15) is 0 Å². The number of carbonyl (C=O) groups is 2. The summed E-state index contributed by atoms with van der Waals surface area (Å²) in [5.41, 5.74) is 2.78. The molecule has 0 heterocycles. The first-order chi connectivity index (χ1) is 9.58. The monoisotopic (exact) mass is 276 g/mol. The molecule has 0 aliphatic carbocycles. The molecule has 1 rings (SSSR count). The van der Waals surface area contributed by atoms with E-state index in [-0.39, 0.29) is 12.4 Å². The SMILES string of the molecule is CCOC(=O)/C=C(/CCC(=O)OC)c1ccccc1C. The summed E-state index contributed by atoms with van der Waals surface area (Å²) in [5, 5.41) is 0. The van der Waals surface area contributed by atoms with Crippen molar-refractivity contribution in [1.82, 2.24) is 0 Å². The third-order valence-electron chi connectivity index (χ3n) is 2.90. The van der Waals surface area contributed by atoms with E-state index < -0.39 is 5.97 Å². The fraction of sp³-hybridized carbons (Fsp3) is 0.375. The molecule has 0 amide bonds. The molecule has 4 nitrogen and oxygen atoms in total. The fourth-order valence-electron chi connectivity index (χ4n) is 1.88. The molecule has 108 valence electrons. The van der Waals surface area contributed by atoms with Crippen LogP contribution in [0.1, 0.15) is 30.9 Å². The minimum atomic E-state index is -0.393. The van der Waals surface area contributed by atoms with Crippen LogP contribution in [0.25, 0.3) is 5.57 Å². The average molecular weight is 276 g/mol. The highest BCUT2D eigenvalue weighted by atomic mass is 16.5. The van der Waals surface area contributed by atoms with E-state index in [1.807, 2.05) is 31.2 Å². The largest absolute Gasteiger partial charge is 0.469 e.